The van der Waals surface area contributed by atoms with Crippen molar-refractivity contribution in [1.29, 1.82) is 0 Å². The molecular formula is C20H23N5O2S. The zero-order chi connectivity index (χ0) is 18.9. The van der Waals surface area contributed by atoms with Crippen molar-refractivity contribution in [3.8, 4) is 0 Å². The van der Waals surface area contributed by atoms with Crippen molar-refractivity contribution in [2.45, 2.75) is 62.8 Å². The number of aromatic nitrogens is 2. The van der Waals surface area contributed by atoms with Crippen LogP contribution < -0.4 is 15.5 Å². The quantitative estimate of drug-likeness (QED) is 0.761. The van der Waals surface area contributed by atoms with E-state index in [0.717, 1.165) is 42.3 Å². The van der Waals surface area contributed by atoms with Gasteiger partial charge in [-0.1, -0.05) is 0 Å². The maximum absolute atomic E-state index is 12.5. The van der Waals surface area contributed by atoms with E-state index in [4.69, 9.17) is 9.97 Å². The molecule has 2 aliphatic carbocycles. The number of nitrogens with one attached hydrogen (secondary N) is 2. The Kier molecular flexibility index (Phi) is 3.51. The lowest BCUT2D eigenvalue weighted by Gasteiger charge is -2.39. The van der Waals surface area contributed by atoms with Gasteiger partial charge >= 0.3 is 6.03 Å². The Balaban J connectivity index is 1.48. The van der Waals surface area contributed by atoms with Gasteiger partial charge in [-0.3, -0.25) is 10.1 Å². The van der Waals surface area contributed by atoms with Gasteiger partial charge in [-0.25, -0.2) is 14.8 Å². The fraction of sp³-hybridized carbons (Fsp3) is 0.600. The number of aryl methyl sites for hydroxylation is 2. The minimum Gasteiger partial charge on any atom is -0.353 e. The predicted molar refractivity (Wildman–Crippen MR) is 107 cm³/mol. The van der Waals surface area contributed by atoms with Crippen molar-refractivity contribution < 1.29 is 9.59 Å². The normalized spacial score (nSPS) is 27.2. The summed E-state index contributed by atoms with van der Waals surface area (Å²) >= 11 is 1.84. The molecule has 1 saturated carbocycles. The van der Waals surface area contributed by atoms with E-state index in [1.54, 1.807) is 0 Å². The number of nitrogens with zero attached hydrogens (tertiary/aromatic N) is 3. The molecule has 3 amide bonds. The maximum atomic E-state index is 12.5. The molecule has 4 aliphatic rings. The van der Waals surface area contributed by atoms with Crippen molar-refractivity contribution in [3.63, 3.8) is 0 Å². The average Bonchev–Trinajstić information content (AvgIpc) is 3.42. The molecule has 146 valence electrons. The molecule has 28 heavy (non-hydrogen) atoms. The Morgan fingerprint density at radius 3 is 2.75 bits per heavy atom. The molecular weight excluding hydrogens is 374 g/mol. The van der Waals surface area contributed by atoms with E-state index in [1.807, 2.05) is 11.3 Å². The maximum Gasteiger partial charge on any atom is 0.322 e. The van der Waals surface area contributed by atoms with E-state index >= 15 is 0 Å². The molecule has 2 aromatic rings. The van der Waals surface area contributed by atoms with Crippen LogP contribution in [0.25, 0.3) is 10.2 Å². The summed E-state index contributed by atoms with van der Waals surface area (Å²) in [4.78, 5) is 39.1. The van der Waals surface area contributed by atoms with E-state index in [1.165, 1.54) is 41.5 Å². The smallest absolute Gasteiger partial charge is 0.322 e. The topological polar surface area (TPSA) is 87.2 Å². The van der Waals surface area contributed by atoms with Crippen LogP contribution >= 0.6 is 11.3 Å². The summed E-state index contributed by atoms with van der Waals surface area (Å²) in [5.74, 6) is 2.22. The van der Waals surface area contributed by atoms with E-state index in [9.17, 15) is 9.59 Å². The van der Waals surface area contributed by atoms with Gasteiger partial charge in [-0.05, 0) is 56.9 Å². The molecule has 1 unspecified atom stereocenters. The number of imide groups is 1. The molecule has 2 N–H and O–H groups in total. The molecule has 6 rings (SSSR count). The van der Waals surface area contributed by atoms with E-state index < -0.39 is 5.54 Å². The lowest BCUT2D eigenvalue weighted by atomic mass is 9.89. The molecule has 1 atom stereocenters. The Bertz CT molecular complexity index is 1010. The minimum absolute atomic E-state index is 0.206. The summed E-state index contributed by atoms with van der Waals surface area (Å²) in [6.45, 7) is 1.33. The SMILES string of the molecule is O=C1NC(=O)C2(CCCN(c3nc(C4CC4)nc4sc5c(c34)CCCC5)C2)N1. The Labute approximate surface area is 166 Å². The van der Waals surface area contributed by atoms with Crippen LogP contribution in [-0.2, 0) is 17.6 Å². The van der Waals surface area contributed by atoms with Crippen molar-refractivity contribution in [2.75, 3.05) is 18.0 Å². The second-order valence-electron chi connectivity index (χ2n) is 8.59. The number of thiophene rings is 1. The molecule has 2 saturated heterocycles. The van der Waals surface area contributed by atoms with Gasteiger partial charge in [-0.2, -0.15) is 0 Å². The molecule has 2 aliphatic heterocycles. The highest BCUT2D eigenvalue weighted by Crippen LogP contribution is 2.44. The molecule has 8 heteroatoms. The molecule has 7 nitrogen and oxygen atoms in total. The van der Waals surface area contributed by atoms with E-state index in [0.29, 0.717) is 18.9 Å². The Morgan fingerprint density at radius 1 is 1.11 bits per heavy atom. The molecule has 0 radical (unpaired) electrons. The lowest BCUT2D eigenvalue weighted by Crippen LogP contribution is -2.58. The molecule has 1 spiro atoms. The third-order valence-electron chi connectivity index (χ3n) is 6.56. The average molecular weight is 398 g/mol. The number of rotatable bonds is 2. The zero-order valence-electron chi connectivity index (χ0n) is 15.7. The zero-order valence-corrected chi connectivity index (χ0v) is 16.5. The summed E-state index contributed by atoms with van der Waals surface area (Å²) in [7, 11) is 0. The summed E-state index contributed by atoms with van der Waals surface area (Å²) in [5.41, 5.74) is 0.589. The van der Waals surface area contributed by atoms with Crippen molar-refractivity contribution in [1.82, 2.24) is 20.6 Å². The Morgan fingerprint density at radius 2 is 1.96 bits per heavy atom. The first kappa shape index (κ1) is 16.7. The van der Waals surface area contributed by atoms with Gasteiger partial charge in [-0.15, -0.1) is 11.3 Å². The van der Waals surface area contributed by atoms with Crippen LogP contribution in [0.3, 0.4) is 0 Å². The summed E-state index contributed by atoms with van der Waals surface area (Å²) < 4.78 is 0. The van der Waals surface area contributed by atoms with Crippen LogP contribution in [0.4, 0.5) is 10.6 Å². The van der Waals surface area contributed by atoms with Crippen LogP contribution in [0.5, 0.6) is 0 Å². The van der Waals surface area contributed by atoms with Gasteiger partial charge in [0.15, 0.2) is 0 Å². The molecule has 4 heterocycles. The standard InChI is InChI=1S/C20H23N5O2S/c26-18-20(24-19(27)23-18)8-3-9-25(10-20)16-14-12-4-1-2-5-13(12)28-17(14)22-15(21-16)11-6-7-11/h11H,1-10H2,(H2,23,24,26,27). The highest BCUT2D eigenvalue weighted by atomic mass is 32.1. The summed E-state index contributed by atoms with van der Waals surface area (Å²) in [6, 6.07) is -0.383. The summed E-state index contributed by atoms with van der Waals surface area (Å²) in [6.07, 6.45) is 8.54. The number of amides is 3. The first-order chi connectivity index (χ1) is 13.6. The van der Waals surface area contributed by atoms with Gasteiger partial charge in [0.2, 0.25) is 0 Å². The van der Waals surface area contributed by atoms with Gasteiger partial charge < -0.3 is 10.2 Å². The number of carbonyl (C=O) groups excluding carboxylic acids is 2. The van der Waals surface area contributed by atoms with Crippen LogP contribution in [-0.4, -0.2) is 40.5 Å². The highest BCUT2D eigenvalue weighted by molar-refractivity contribution is 7.19. The van der Waals surface area contributed by atoms with Gasteiger partial charge in [0.25, 0.3) is 5.91 Å². The largest absolute Gasteiger partial charge is 0.353 e. The number of piperidine rings is 1. The second kappa shape index (κ2) is 5.89. The van der Waals surface area contributed by atoms with Crippen molar-refractivity contribution in [2.24, 2.45) is 0 Å². The number of hydrogen-bond acceptors (Lipinski definition) is 6. The number of anilines is 1. The number of hydrogen-bond donors (Lipinski definition) is 2. The van der Waals surface area contributed by atoms with Gasteiger partial charge in [0, 0.05) is 17.3 Å². The molecule has 2 aromatic heterocycles. The highest BCUT2D eigenvalue weighted by Gasteiger charge is 2.49. The monoisotopic (exact) mass is 397 g/mol. The van der Waals surface area contributed by atoms with Gasteiger partial charge in [0.1, 0.15) is 22.0 Å². The summed E-state index contributed by atoms with van der Waals surface area (Å²) in [5, 5.41) is 6.52. The van der Waals surface area contributed by atoms with Crippen LogP contribution in [0.1, 0.15) is 60.7 Å². The number of fused-ring (bicyclic) bond motifs is 3. The predicted octanol–water partition coefficient (Wildman–Crippen LogP) is 2.63. The lowest BCUT2D eigenvalue weighted by molar-refractivity contribution is -0.124. The van der Waals surface area contributed by atoms with E-state index in [2.05, 4.69) is 15.5 Å². The molecule has 0 aromatic carbocycles. The second-order valence-corrected chi connectivity index (χ2v) is 9.67. The minimum atomic E-state index is -0.831. The third-order valence-corrected chi connectivity index (χ3v) is 7.75. The van der Waals surface area contributed by atoms with Crippen molar-refractivity contribution >= 4 is 39.3 Å². The van der Waals surface area contributed by atoms with Crippen molar-refractivity contribution in [3.05, 3.63) is 16.3 Å². The fourth-order valence-electron chi connectivity index (χ4n) is 4.96. The van der Waals surface area contributed by atoms with Crippen LogP contribution in [0.2, 0.25) is 0 Å². The first-order valence-corrected chi connectivity index (χ1v) is 11.2. The van der Waals surface area contributed by atoms with E-state index in [-0.39, 0.29) is 11.9 Å². The number of urea groups is 1. The molecule has 3 fully saturated rings. The van der Waals surface area contributed by atoms with Crippen LogP contribution in [0, 0.1) is 0 Å². The Hall–Kier alpha value is -2.22. The first-order valence-electron chi connectivity index (χ1n) is 10.3. The van der Waals surface area contributed by atoms with Gasteiger partial charge in [0.05, 0.1) is 11.9 Å². The number of carbonyl (C=O) groups is 2. The van der Waals surface area contributed by atoms with Crippen LogP contribution in [0.15, 0.2) is 0 Å². The third kappa shape index (κ3) is 2.46. The fourth-order valence-corrected chi connectivity index (χ4v) is 6.22. The molecule has 0 bridgehead atoms.